The highest BCUT2D eigenvalue weighted by Crippen LogP contribution is 1.97. The second-order valence-electron chi connectivity index (χ2n) is 3.30. The molecule has 13 heavy (non-hydrogen) atoms. The zero-order chi connectivity index (χ0) is 10.1. The molecule has 3 heteroatoms. The molecule has 1 N–H and O–H groups in total. The number of likely N-dealkylation sites (N-methyl/N-ethyl adjacent to an activating group) is 1. The topological polar surface area (TPSA) is 15.3 Å². The van der Waals surface area contributed by atoms with Crippen molar-refractivity contribution in [1.29, 1.82) is 0 Å². The maximum atomic E-state index is 5.38. The molecule has 0 saturated carbocycles. The van der Waals surface area contributed by atoms with Crippen LogP contribution in [0.15, 0.2) is 11.6 Å². The van der Waals surface area contributed by atoms with Crippen LogP contribution in [0.3, 0.4) is 0 Å². The molecule has 0 aromatic rings. The van der Waals surface area contributed by atoms with Gasteiger partial charge >= 0.3 is 0 Å². The summed E-state index contributed by atoms with van der Waals surface area (Å²) in [6.07, 6.45) is 3.11. The van der Waals surface area contributed by atoms with Crippen molar-refractivity contribution in [1.82, 2.24) is 10.2 Å². The minimum atomic E-state index is 0.672. The number of rotatable bonds is 7. The van der Waals surface area contributed by atoms with Gasteiger partial charge in [-0.15, -0.1) is 0 Å². The summed E-state index contributed by atoms with van der Waals surface area (Å²) >= 11 is 5.38. The fourth-order valence-corrected chi connectivity index (χ4v) is 1.11. The van der Waals surface area contributed by atoms with Crippen LogP contribution in [0.25, 0.3) is 0 Å². The largest absolute Gasteiger partial charge is 0.312 e. The molecular formula is C10H21ClN2. The van der Waals surface area contributed by atoms with Crippen LogP contribution in [-0.2, 0) is 0 Å². The van der Waals surface area contributed by atoms with Gasteiger partial charge in [-0.3, -0.25) is 0 Å². The van der Waals surface area contributed by atoms with E-state index in [1.807, 2.05) is 6.08 Å². The summed E-state index contributed by atoms with van der Waals surface area (Å²) in [6, 6.07) is 0.672. The number of hydrogen-bond donors (Lipinski definition) is 1. The molecule has 0 bridgehead atoms. The Hall–Kier alpha value is -0.0500. The van der Waals surface area contributed by atoms with Gasteiger partial charge in [-0.05, 0) is 20.4 Å². The lowest BCUT2D eigenvalue weighted by molar-refractivity contribution is 0.253. The first-order chi connectivity index (χ1) is 6.22. The van der Waals surface area contributed by atoms with E-state index in [4.69, 9.17) is 11.6 Å². The van der Waals surface area contributed by atoms with E-state index >= 15 is 0 Å². The molecule has 0 fully saturated rings. The summed E-state index contributed by atoms with van der Waals surface area (Å²) in [5.74, 6) is 0. The Morgan fingerprint density at radius 1 is 1.54 bits per heavy atom. The van der Waals surface area contributed by atoms with Crippen molar-refractivity contribution >= 4 is 11.6 Å². The lowest BCUT2D eigenvalue weighted by atomic mass is 10.2. The average Bonchev–Trinajstić information content (AvgIpc) is 2.16. The summed E-state index contributed by atoms with van der Waals surface area (Å²) in [6.45, 7) is 7.43. The van der Waals surface area contributed by atoms with Gasteiger partial charge in [0.1, 0.15) is 0 Å². The smallest absolute Gasteiger partial charge is 0.0147 e. The first kappa shape index (κ1) is 12.9. The molecule has 1 atom stereocenters. The monoisotopic (exact) mass is 204 g/mol. The Bertz CT molecular complexity index is 137. The molecule has 0 heterocycles. The quantitative estimate of drug-likeness (QED) is 0.639. The molecule has 0 rings (SSSR count). The average molecular weight is 205 g/mol. The lowest BCUT2D eigenvalue weighted by Crippen LogP contribution is -2.35. The van der Waals surface area contributed by atoms with E-state index in [2.05, 4.69) is 31.1 Å². The molecule has 0 saturated heterocycles. The van der Waals surface area contributed by atoms with Gasteiger partial charge in [0, 0.05) is 31.2 Å². The van der Waals surface area contributed by atoms with E-state index in [1.165, 1.54) is 6.42 Å². The molecule has 0 aromatic heterocycles. The standard InChI is InChI=1S/C10H21ClN2/c1-4-10(2)13(3)9-8-12-7-5-6-11/h5-6,10,12H,4,7-9H2,1-3H3/b6-5+. The fraction of sp³-hybridized carbons (Fsp3) is 0.800. The van der Waals surface area contributed by atoms with Crippen molar-refractivity contribution in [3.63, 3.8) is 0 Å². The molecule has 0 radical (unpaired) electrons. The molecule has 0 aliphatic heterocycles. The Kier molecular flexibility index (Phi) is 8.51. The summed E-state index contributed by atoms with van der Waals surface area (Å²) < 4.78 is 0. The van der Waals surface area contributed by atoms with Gasteiger partial charge in [0.2, 0.25) is 0 Å². The van der Waals surface area contributed by atoms with Crippen molar-refractivity contribution < 1.29 is 0 Å². The van der Waals surface area contributed by atoms with Crippen molar-refractivity contribution in [2.75, 3.05) is 26.7 Å². The number of nitrogens with zero attached hydrogens (tertiary/aromatic N) is 1. The highest BCUT2D eigenvalue weighted by Gasteiger charge is 2.04. The number of nitrogens with one attached hydrogen (secondary N) is 1. The van der Waals surface area contributed by atoms with Crippen LogP contribution >= 0.6 is 11.6 Å². The van der Waals surface area contributed by atoms with Crippen LogP contribution in [0.4, 0.5) is 0 Å². The van der Waals surface area contributed by atoms with Crippen LogP contribution < -0.4 is 5.32 Å². The molecular weight excluding hydrogens is 184 g/mol. The number of hydrogen-bond acceptors (Lipinski definition) is 2. The summed E-state index contributed by atoms with van der Waals surface area (Å²) in [5.41, 5.74) is 1.55. The van der Waals surface area contributed by atoms with Gasteiger partial charge in [0.05, 0.1) is 0 Å². The fourth-order valence-electron chi connectivity index (χ4n) is 1.02. The Balaban J connectivity index is 3.31. The highest BCUT2D eigenvalue weighted by molar-refractivity contribution is 6.25. The van der Waals surface area contributed by atoms with Gasteiger partial charge in [0.15, 0.2) is 0 Å². The minimum Gasteiger partial charge on any atom is -0.312 e. The third-order valence-corrected chi connectivity index (χ3v) is 2.51. The van der Waals surface area contributed by atoms with E-state index < -0.39 is 0 Å². The van der Waals surface area contributed by atoms with Gasteiger partial charge in [-0.1, -0.05) is 24.6 Å². The first-order valence-corrected chi connectivity index (χ1v) is 5.32. The summed E-state index contributed by atoms with van der Waals surface area (Å²) in [4.78, 5) is 2.36. The summed E-state index contributed by atoms with van der Waals surface area (Å²) in [7, 11) is 2.16. The molecule has 1 unspecified atom stereocenters. The highest BCUT2D eigenvalue weighted by atomic mass is 35.5. The molecule has 0 aromatic carbocycles. The van der Waals surface area contributed by atoms with Crippen LogP contribution in [0.1, 0.15) is 20.3 Å². The van der Waals surface area contributed by atoms with Crippen LogP contribution in [0.5, 0.6) is 0 Å². The van der Waals surface area contributed by atoms with Gasteiger partial charge in [-0.25, -0.2) is 0 Å². The van der Waals surface area contributed by atoms with E-state index in [0.29, 0.717) is 6.04 Å². The molecule has 0 aliphatic carbocycles. The van der Waals surface area contributed by atoms with E-state index in [-0.39, 0.29) is 0 Å². The Labute approximate surface area is 86.9 Å². The number of halogens is 1. The van der Waals surface area contributed by atoms with E-state index in [1.54, 1.807) is 5.54 Å². The normalized spacial score (nSPS) is 14.2. The molecule has 78 valence electrons. The van der Waals surface area contributed by atoms with Gasteiger partial charge in [-0.2, -0.15) is 0 Å². The Morgan fingerprint density at radius 2 is 2.23 bits per heavy atom. The second kappa shape index (κ2) is 8.54. The van der Waals surface area contributed by atoms with E-state index in [0.717, 1.165) is 19.6 Å². The lowest BCUT2D eigenvalue weighted by Gasteiger charge is -2.23. The molecule has 2 nitrogen and oxygen atoms in total. The van der Waals surface area contributed by atoms with Gasteiger partial charge < -0.3 is 10.2 Å². The SMILES string of the molecule is CCC(C)N(C)CCNC/C=C/Cl. The predicted molar refractivity (Wildman–Crippen MR) is 60.2 cm³/mol. The zero-order valence-electron chi connectivity index (χ0n) is 8.89. The minimum absolute atomic E-state index is 0.672. The zero-order valence-corrected chi connectivity index (χ0v) is 9.64. The van der Waals surface area contributed by atoms with Crippen LogP contribution in [0.2, 0.25) is 0 Å². The molecule has 0 amide bonds. The maximum Gasteiger partial charge on any atom is 0.0147 e. The Morgan fingerprint density at radius 3 is 2.77 bits per heavy atom. The van der Waals surface area contributed by atoms with Crippen molar-refractivity contribution in [3.8, 4) is 0 Å². The van der Waals surface area contributed by atoms with E-state index in [9.17, 15) is 0 Å². The van der Waals surface area contributed by atoms with Crippen molar-refractivity contribution in [2.45, 2.75) is 26.3 Å². The second-order valence-corrected chi connectivity index (χ2v) is 3.56. The third-order valence-electron chi connectivity index (χ3n) is 2.34. The van der Waals surface area contributed by atoms with Gasteiger partial charge in [0.25, 0.3) is 0 Å². The molecule has 0 spiro atoms. The maximum absolute atomic E-state index is 5.38. The van der Waals surface area contributed by atoms with Crippen molar-refractivity contribution in [2.24, 2.45) is 0 Å². The van der Waals surface area contributed by atoms with Crippen LogP contribution in [-0.4, -0.2) is 37.6 Å². The molecule has 0 aliphatic rings. The van der Waals surface area contributed by atoms with Crippen molar-refractivity contribution in [3.05, 3.63) is 11.6 Å². The first-order valence-electron chi connectivity index (χ1n) is 4.88. The predicted octanol–water partition coefficient (Wildman–Crippen LogP) is 2.06. The summed E-state index contributed by atoms with van der Waals surface area (Å²) in [5, 5.41) is 3.28. The third kappa shape index (κ3) is 7.05. The van der Waals surface area contributed by atoms with Crippen LogP contribution in [0, 0.1) is 0 Å².